The van der Waals surface area contributed by atoms with E-state index < -0.39 is 140 Å². The summed E-state index contributed by atoms with van der Waals surface area (Å²) < 4.78 is 54.7. The first kappa shape index (κ1) is 54.3. The third-order valence-electron chi connectivity index (χ3n) is 13.4. The topological polar surface area (TPSA) is 239 Å². The summed E-state index contributed by atoms with van der Waals surface area (Å²) in [7, 11) is 6.39. The number of methoxy groups -OCH3 is 2. The predicted molar refractivity (Wildman–Crippen MR) is 230 cm³/mol. The van der Waals surface area contributed by atoms with Crippen LogP contribution in [0.15, 0.2) is 23.8 Å². The zero-order valence-corrected chi connectivity index (χ0v) is 39.7. The number of nitrogens with zero attached hydrogens (tertiary/aromatic N) is 1. The van der Waals surface area contributed by atoms with Crippen molar-refractivity contribution >= 4 is 18.0 Å². The lowest BCUT2D eigenvalue weighted by atomic mass is 9.79. The minimum atomic E-state index is -1.76. The molecule has 64 heavy (non-hydrogen) atoms. The van der Waals surface area contributed by atoms with E-state index in [-0.39, 0.29) is 31.7 Å². The molecule has 0 unspecified atom stereocenters. The number of aliphatic hydroxyl groups is 5. The van der Waals surface area contributed by atoms with Crippen molar-refractivity contribution in [3.05, 3.63) is 23.8 Å². The number of carbonyl (C=O) groups excluding carboxylic acids is 3. The van der Waals surface area contributed by atoms with Gasteiger partial charge in [0.2, 0.25) is 0 Å². The smallest absolute Gasteiger partial charge is 0.308 e. The number of ether oxygens (including phenoxy) is 9. The van der Waals surface area contributed by atoms with Gasteiger partial charge in [-0.2, -0.15) is 0 Å². The standard InChI is InChI=1S/C46H77NO17/c1-13-33-30(22-58-44-42(57-12)41(56-11)37(53)27(6)60-44)18-23(2)14-15-31(49)24(3)19-29(16-17-48)39(26(5)32(50)21-35(52)62-33)63-43-38(54)36(47(9)10)40(28(7)61-43)64-45-46(8,55)34(51)20-25(4)59-45/h14-15,17-18,24-30,32-34,36-45,50-51,53-55H,13,16,19-22H2,1-12H3/t24-,25+,26+,27-,28-,29+,30-,32-,33-,34+,36-,37-,38-,39-,40-,41-,42-,43+,44-,45+,46+/m1/s1. The van der Waals surface area contributed by atoms with Gasteiger partial charge in [0.05, 0.1) is 55.7 Å². The van der Waals surface area contributed by atoms with Crippen LogP contribution in [0.1, 0.15) is 87.5 Å². The molecule has 4 heterocycles. The number of rotatable bonds is 13. The quantitative estimate of drug-likeness (QED) is 0.131. The first-order valence-corrected chi connectivity index (χ1v) is 22.7. The number of hydrogen-bond acceptors (Lipinski definition) is 18. The molecule has 0 bridgehead atoms. The fraction of sp³-hybridized carbons (Fsp3) is 0.848. The maximum Gasteiger partial charge on any atom is 0.308 e. The minimum Gasteiger partial charge on any atom is -0.462 e. The molecule has 18 nitrogen and oxygen atoms in total. The number of aliphatic hydroxyl groups excluding tert-OH is 4. The van der Waals surface area contributed by atoms with Gasteiger partial charge in [-0.3, -0.25) is 9.59 Å². The van der Waals surface area contributed by atoms with Crippen LogP contribution < -0.4 is 0 Å². The second kappa shape index (κ2) is 24.1. The summed E-state index contributed by atoms with van der Waals surface area (Å²) >= 11 is 0. The van der Waals surface area contributed by atoms with E-state index in [9.17, 15) is 39.9 Å². The molecule has 0 aromatic carbocycles. The van der Waals surface area contributed by atoms with E-state index in [0.717, 1.165) is 0 Å². The third-order valence-corrected chi connectivity index (χ3v) is 13.4. The summed E-state index contributed by atoms with van der Waals surface area (Å²) in [6.07, 6.45) is -8.55. The minimum absolute atomic E-state index is 0.0105. The van der Waals surface area contributed by atoms with Gasteiger partial charge in [-0.1, -0.05) is 38.5 Å². The summed E-state index contributed by atoms with van der Waals surface area (Å²) in [5, 5.41) is 56.3. The highest BCUT2D eigenvalue weighted by Gasteiger charge is 2.53. The lowest BCUT2D eigenvalue weighted by Crippen LogP contribution is -2.67. The molecule has 5 N–H and O–H groups in total. The van der Waals surface area contributed by atoms with Gasteiger partial charge >= 0.3 is 5.97 Å². The molecule has 4 aliphatic rings. The number of hydrogen-bond donors (Lipinski definition) is 5. The van der Waals surface area contributed by atoms with Crippen molar-refractivity contribution in [3.63, 3.8) is 0 Å². The summed E-state index contributed by atoms with van der Waals surface area (Å²) in [4.78, 5) is 41.5. The Kier molecular flexibility index (Phi) is 20.5. The lowest BCUT2D eigenvalue weighted by Gasteiger charge is -2.51. The van der Waals surface area contributed by atoms with E-state index in [2.05, 4.69) is 0 Å². The number of carbonyl (C=O) groups is 3. The number of esters is 1. The molecule has 0 amide bonds. The largest absolute Gasteiger partial charge is 0.462 e. The Balaban J connectivity index is 1.63. The van der Waals surface area contributed by atoms with Crippen molar-refractivity contribution in [1.29, 1.82) is 0 Å². The lowest BCUT2D eigenvalue weighted by molar-refractivity contribution is -0.358. The molecule has 0 spiro atoms. The molecule has 4 rings (SSSR count). The molecule has 4 aliphatic heterocycles. The Morgan fingerprint density at radius 2 is 1.52 bits per heavy atom. The summed E-state index contributed by atoms with van der Waals surface area (Å²) in [6, 6.07) is -0.806. The monoisotopic (exact) mass is 916 g/mol. The number of allylic oxidation sites excluding steroid dienone is 3. The van der Waals surface area contributed by atoms with Gasteiger partial charge in [-0.15, -0.1) is 0 Å². The van der Waals surface area contributed by atoms with E-state index in [1.54, 1.807) is 66.6 Å². The van der Waals surface area contributed by atoms with Crippen LogP contribution in [0.5, 0.6) is 0 Å². The molecule has 21 atom stereocenters. The van der Waals surface area contributed by atoms with Gasteiger partial charge in [0.25, 0.3) is 0 Å². The van der Waals surface area contributed by atoms with Crippen LogP contribution in [0.3, 0.4) is 0 Å². The first-order valence-electron chi connectivity index (χ1n) is 22.7. The maximum absolute atomic E-state index is 13.8. The number of aldehydes is 1. The van der Waals surface area contributed by atoms with Crippen molar-refractivity contribution in [1.82, 2.24) is 4.90 Å². The van der Waals surface area contributed by atoms with Gasteiger partial charge in [0, 0.05) is 44.8 Å². The van der Waals surface area contributed by atoms with Crippen molar-refractivity contribution < 1.29 is 82.5 Å². The van der Waals surface area contributed by atoms with Gasteiger partial charge in [0.1, 0.15) is 48.5 Å². The molecule has 0 aliphatic carbocycles. The molecule has 0 radical (unpaired) electrons. The van der Waals surface area contributed by atoms with Gasteiger partial charge in [0.15, 0.2) is 24.7 Å². The molecule has 0 aromatic rings. The highest BCUT2D eigenvalue weighted by atomic mass is 16.7. The van der Waals surface area contributed by atoms with Gasteiger partial charge < -0.3 is 77.9 Å². The number of ketones is 1. The fourth-order valence-corrected chi connectivity index (χ4v) is 9.35. The molecule has 18 heteroatoms. The van der Waals surface area contributed by atoms with E-state index in [4.69, 9.17) is 42.6 Å². The average Bonchev–Trinajstić information content (AvgIpc) is 3.23. The van der Waals surface area contributed by atoms with Gasteiger partial charge in [-0.25, -0.2) is 0 Å². The summed E-state index contributed by atoms with van der Waals surface area (Å²) in [5.41, 5.74) is -1.08. The highest BCUT2D eigenvalue weighted by Crippen LogP contribution is 2.38. The van der Waals surface area contributed by atoms with Crippen LogP contribution in [-0.4, -0.2) is 187 Å². The predicted octanol–water partition coefficient (Wildman–Crippen LogP) is 1.83. The Bertz CT molecular complexity index is 1560. The second-order valence-electron chi connectivity index (χ2n) is 18.7. The van der Waals surface area contributed by atoms with Crippen LogP contribution in [0.2, 0.25) is 0 Å². The normalized spacial score (nSPS) is 44.6. The molecular weight excluding hydrogens is 838 g/mol. The van der Waals surface area contributed by atoms with Crippen molar-refractivity contribution in [2.24, 2.45) is 23.7 Å². The molecule has 3 fully saturated rings. The Hall–Kier alpha value is -2.27. The molecule has 368 valence electrons. The van der Waals surface area contributed by atoms with E-state index in [1.807, 2.05) is 13.0 Å². The molecule has 0 aromatic heterocycles. The van der Waals surface area contributed by atoms with E-state index in [0.29, 0.717) is 18.3 Å². The first-order chi connectivity index (χ1) is 30.1. The van der Waals surface area contributed by atoms with Crippen molar-refractivity contribution in [3.8, 4) is 0 Å². The second-order valence-corrected chi connectivity index (χ2v) is 18.7. The maximum atomic E-state index is 13.8. The van der Waals surface area contributed by atoms with Crippen molar-refractivity contribution in [2.75, 3.05) is 34.9 Å². The van der Waals surface area contributed by atoms with Crippen LogP contribution in [0.25, 0.3) is 0 Å². The van der Waals surface area contributed by atoms with Crippen LogP contribution >= 0.6 is 0 Å². The summed E-state index contributed by atoms with van der Waals surface area (Å²) in [5.74, 6) is -3.63. The molecular formula is C46H77NO17. The van der Waals surface area contributed by atoms with Gasteiger partial charge in [-0.05, 0) is 73.5 Å². The fourth-order valence-electron chi connectivity index (χ4n) is 9.35. The highest BCUT2D eigenvalue weighted by molar-refractivity contribution is 5.91. The van der Waals surface area contributed by atoms with Crippen LogP contribution in [0.4, 0.5) is 0 Å². The average molecular weight is 916 g/mol. The number of likely N-dealkylation sites (N-methyl/N-ethyl adjacent to an activating group) is 1. The van der Waals surface area contributed by atoms with Crippen LogP contribution in [-0.2, 0) is 57.0 Å². The van der Waals surface area contributed by atoms with E-state index in [1.165, 1.54) is 27.2 Å². The Morgan fingerprint density at radius 3 is 2.12 bits per heavy atom. The van der Waals surface area contributed by atoms with E-state index >= 15 is 0 Å². The zero-order chi connectivity index (χ0) is 47.8. The molecule has 3 saturated heterocycles. The SMILES string of the molecule is CC[C@H]1OC(=O)C[C@@H](O)[C@H](C)[C@@H](O[C@@H]2O[C@H](C)[C@@H](O[C@@H]3O[C@@H](C)C[C@H](O)[C@]3(C)O)[C@H](N(C)C)[C@H]2O)[C@@H](CC=O)C[C@@H](C)C(=O)C=CC(C)=C[C@@H]1CO[C@@H]1O[C@H](C)[C@@H](O)[C@@H](OC)[C@H]1OC. The third kappa shape index (κ3) is 13.2. The van der Waals surface area contributed by atoms with Crippen molar-refractivity contribution in [2.45, 2.75) is 191 Å². The summed E-state index contributed by atoms with van der Waals surface area (Å²) in [6.45, 7) is 13.6. The Labute approximate surface area is 378 Å². The molecule has 0 saturated carbocycles. The number of cyclic esters (lactones) is 1. The zero-order valence-electron chi connectivity index (χ0n) is 39.7. The van der Waals surface area contributed by atoms with Crippen LogP contribution in [0, 0.1) is 23.7 Å². The Morgan fingerprint density at radius 1 is 0.859 bits per heavy atom.